The first kappa shape index (κ1) is 35.9. The molecule has 0 fully saturated rings. The smallest absolute Gasteiger partial charge is 0.338 e. The van der Waals surface area contributed by atoms with Crippen LogP contribution in [0.4, 0.5) is 0 Å². The highest BCUT2D eigenvalue weighted by Crippen LogP contribution is 2.36. The highest BCUT2D eigenvalue weighted by Gasteiger charge is 2.38. The molecule has 226 valence electrons. The molecule has 0 amide bonds. The molecule has 4 nitrogen and oxygen atoms in total. The lowest BCUT2D eigenvalue weighted by atomic mass is 10.0. The van der Waals surface area contributed by atoms with E-state index in [4.69, 9.17) is 13.9 Å². The average molecular weight is 563 g/mol. The molecule has 0 saturated heterocycles. The van der Waals surface area contributed by atoms with Crippen molar-refractivity contribution in [1.82, 2.24) is 0 Å². The van der Waals surface area contributed by atoms with Gasteiger partial charge in [-0.15, -0.1) is 0 Å². The standard InChI is InChI=1S/C34H62O4Si/c1-7-8-9-10-11-12-13-14-15-16-17-18-19-20-21-25-28-36-29-32(30-37-39(5,6)34(2,3)4)38-33(35)31-26-23-22-24-27-31/h22-24,26-27,32H,7-21,25,28-30H2,1-6H3/t32-/m1/s1. The minimum absolute atomic E-state index is 0.107. The Balaban J connectivity index is 2.15. The third kappa shape index (κ3) is 18.0. The van der Waals surface area contributed by atoms with Crippen molar-refractivity contribution in [3.63, 3.8) is 0 Å². The molecule has 0 aliphatic rings. The summed E-state index contributed by atoms with van der Waals surface area (Å²) in [7, 11) is -1.94. The van der Waals surface area contributed by atoms with E-state index < -0.39 is 14.4 Å². The molecular formula is C34H62O4Si. The first-order valence-electron chi connectivity index (χ1n) is 16.1. The molecule has 1 aromatic rings. The second-order valence-corrected chi connectivity index (χ2v) is 17.7. The van der Waals surface area contributed by atoms with Crippen LogP contribution in [0.5, 0.6) is 0 Å². The molecule has 0 aliphatic carbocycles. The van der Waals surface area contributed by atoms with Crippen molar-refractivity contribution in [2.24, 2.45) is 0 Å². The summed E-state index contributed by atoms with van der Waals surface area (Å²) in [6, 6.07) is 9.17. The van der Waals surface area contributed by atoms with Crippen LogP contribution >= 0.6 is 0 Å². The molecule has 0 spiro atoms. The van der Waals surface area contributed by atoms with Gasteiger partial charge >= 0.3 is 5.97 Å². The minimum Gasteiger partial charge on any atom is -0.454 e. The Kier molecular flexibility index (Phi) is 19.8. The van der Waals surface area contributed by atoms with Gasteiger partial charge in [-0.25, -0.2) is 4.79 Å². The second-order valence-electron chi connectivity index (χ2n) is 12.8. The first-order valence-corrected chi connectivity index (χ1v) is 19.1. The summed E-state index contributed by atoms with van der Waals surface area (Å²) in [6.45, 7) is 14.9. The van der Waals surface area contributed by atoms with Crippen molar-refractivity contribution < 1.29 is 18.7 Å². The van der Waals surface area contributed by atoms with Gasteiger partial charge < -0.3 is 13.9 Å². The highest BCUT2D eigenvalue weighted by molar-refractivity contribution is 6.74. The molecule has 0 radical (unpaired) electrons. The Morgan fingerprint density at radius 2 is 1.18 bits per heavy atom. The van der Waals surface area contributed by atoms with Crippen molar-refractivity contribution in [3.8, 4) is 0 Å². The predicted molar refractivity (Wildman–Crippen MR) is 169 cm³/mol. The Hall–Kier alpha value is -1.17. The van der Waals surface area contributed by atoms with Crippen molar-refractivity contribution in [3.05, 3.63) is 35.9 Å². The van der Waals surface area contributed by atoms with Gasteiger partial charge in [0.15, 0.2) is 8.32 Å². The van der Waals surface area contributed by atoms with Crippen LogP contribution in [-0.4, -0.2) is 40.2 Å². The van der Waals surface area contributed by atoms with E-state index >= 15 is 0 Å². The normalized spacial score (nSPS) is 13.0. The third-order valence-corrected chi connectivity index (χ3v) is 12.7. The van der Waals surface area contributed by atoms with E-state index in [2.05, 4.69) is 40.8 Å². The largest absolute Gasteiger partial charge is 0.454 e. The van der Waals surface area contributed by atoms with E-state index in [1.54, 1.807) is 12.1 Å². The van der Waals surface area contributed by atoms with Crippen molar-refractivity contribution in [2.45, 2.75) is 155 Å². The van der Waals surface area contributed by atoms with Gasteiger partial charge in [-0.1, -0.05) is 142 Å². The molecule has 0 N–H and O–H groups in total. The molecule has 5 heteroatoms. The second kappa shape index (κ2) is 21.6. The maximum absolute atomic E-state index is 12.6. The van der Waals surface area contributed by atoms with Gasteiger partial charge in [0.2, 0.25) is 0 Å². The lowest BCUT2D eigenvalue weighted by Crippen LogP contribution is -2.44. The van der Waals surface area contributed by atoms with Crippen molar-refractivity contribution >= 4 is 14.3 Å². The number of esters is 1. The number of hydrogen-bond donors (Lipinski definition) is 0. The van der Waals surface area contributed by atoms with E-state index in [-0.39, 0.29) is 11.0 Å². The minimum atomic E-state index is -1.94. The lowest BCUT2D eigenvalue weighted by Gasteiger charge is -2.37. The van der Waals surface area contributed by atoms with Gasteiger partial charge in [0, 0.05) is 6.61 Å². The molecule has 0 saturated carbocycles. The average Bonchev–Trinajstić information content (AvgIpc) is 2.90. The lowest BCUT2D eigenvalue weighted by molar-refractivity contribution is -0.0222. The van der Waals surface area contributed by atoms with Gasteiger partial charge in [-0.05, 0) is 36.7 Å². The van der Waals surface area contributed by atoms with Crippen LogP contribution in [0.1, 0.15) is 141 Å². The quantitative estimate of drug-likeness (QED) is 0.0714. The maximum atomic E-state index is 12.6. The summed E-state index contributed by atoms with van der Waals surface area (Å²) in [5.74, 6) is -0.314. The summed E-state index contributed by atoms with van der Waals surface area (Å²) >= 11 is 0. The van der Waals surface area contributed by atoms with Gasteiger partial charge in [0.25, 0.3) is 0 Å². The molecule has 0 unspecified atom stereocenters. The summed E-state index contributed by atoms with van der Waals surface area (Å²) in [4.78, 5) is 12.6. The zero-order valence-corrected chi connectivity index (χ0v) is 27.5. The summed E-state index contributed by atoms with van der Waals surface area (Å²) in [5, 5.41) is 0.107. The topological polar surface area (TPSA) is 44.8 Å². The molecule has 0 aromatic heterocycles. The molecule has 0 aliphatic heterocycles. The Bertz CT molecular complexity index is 714. The van der Waals surface area contributed by atoms with Crippen LogP contribution in [0.25, 0.3) is 0 Å². The van der Waals surface area contributed by atoms with E-state index in [0.29, 0.717) is 25.4 Å². The van der Waals surface area contributed by atoms with Gasteiger partial charge in [-0.3, -0.25) is 0 Å². The molecule has 1 rings (SSSR count). The fourth-order valence-corrected chi connectivity index (χ4v) is 5.43. The summed E-state index contributed by atoms with van der Waals surface area (Å²) in [6.07, 6.45) is 21.4. The zero-order valence-electron chi connectivity index (χ0n) is 26.5. The third-order valence-electron chi connectivity index (χ3n) is 8.17. The fourth-order valence-electron chi connectivity index (χ4n) is 4.39. The van der Waals surface area contributed by atoms with Gasteiger partial charge in [0.1, 0.15) is 6.10 Å². The molecule has 1 atom stereocenters. The molecule has 1 aromatic carbocycles. The SMILES string of the molecule is CCCCCCCCCCCCCCCCCCOC[C@H](CO[Si](C)(C)C(C)(C)C)OC(=O)c1ccccc1. The Morgan fingerprint density at radius 1 is 0.718 bits per heavy atom. The maximum Gasteiger partial charge on any atom is 0.338 e. The Morgan fingerprint density at radius 3 is 1.64 bits per heavy atom. The number of carbonyl (C=O) groups excluding carboxylic acids is 1. The molecule has 39 heavy (non-hydrogen) atoms. The van der Waals surface area contributed by atoms with Gasteiger partial charge in [-0.2, -0.15) is 0 Å². The van der Waals surface area contributed by atoms with E-state index in [0.717, 1.165) is 6.42 Å². The van der Waals surface area contributed by atoms with E-state index in [9.17, 15) is 4.79 Å². The van der Waals surface area contributed by atoms with Gasteiger partial charge in [0.05, 0.1) is 18.8 Å². The van der Waals surface area contributed by atoms with E-state index in [1.165, 1.54) is 96.3 Å². The number of unbranched alkanes of at least 4 members (excludes halogenated alkanes) is 15. The first-order chi connectivity index (χ1) is 18.7. The van der Waals surface area contributed by atoms with Crippen LogP contribution in [0, 0.1) is 0 Å². The van der Waals surface area contributed by atoms with Crippen LogP contribution in [0.3, 0.4) is 0 Å². The summed E-state index contributed by atoms with van der Waals surface area (Å²) in [5.41, 5.74) is 0.563. The predicted octanol–water partition coefficient (Wildman–Crippen LogP) is 10.5. The number of hydrogen-bond acceptors (Lipinski definition) is 4. The molecular weight excluding hydrogens is 500 g/mol. The van der Waals surface area contributed by atoms with Crippen LogP contribution in [0.15, 0.2) is 30.3 Å². The monoisotopic (exact) mass is 562 g/mol. The van der Waals surface area contributed by atoms with Crippen LogP contribution in [-0.2, 0) is 13.9 Å². The van der Waals surface area contributed by atoms with Crippen LogP contribution in [0.2, 0.25) is 18.1 Å². The fraction of sp³-hybridized carbons (Fsp3) is 0.794. The van der Waals surface area contributed by atoms with Crippen molar-refractivity contribution in [2.75, 3.05) is 19.8 Å². The molecule has 0 heterocycles. The number of benzene rings is 1. The highest BCUT2D eigenvalue weighted by atomic mass is 28.4. The molecule has 0 bridgehead atoms. The van der Waals surface area contributed by atoms with Crippen LogP contribution < -0.4 is 0 Å². The number of carbonyl (C=O) groups is 1. The number of rotatable bonds is 24. The number of ether oxygens (including phenoxy) is 2. The van der Waals surface area contributed by atoms with E-state index in [1.807, 2.05) is 18.2 Å². The zero-order chi connectivity index (χ0) is 28.8. The Labute approximate surface area is 243 Å². The van der Waals surface area contributed by atoms with Crippen molar-refractivity contribution in [1.29, 1.82) is 0 Å². The summed E-state index contributed by atoms with van der Waals surface area (Å²) < 4.78 is 18.1.